The lowest BCUT2D eigenvalue weighted by Gasteiger charge is -2.17. The fourth-order valence-electron chi connectivity index (χ4n) is 1.25. The van der Waals surface area contributed by atoms with Crippen molar-refractivity contribution in [2.24, 2.45) is 5.41 Å². The first kappa shape index (κ1) is 14.9. The molecule has 0 fully saturated rings. The van der Waals surface area contributed by atoms with E-state index in [1.807, 2.05) is 0 Å². The van der Waals surface area contributed by atoms with Crippen molar-refractivity contribution in [1.29, 1.82) is 0 Å². The highest BCUT2D eigenvalue weighted by atomic mass is 19.1. The zero-order chi connectivity index (χ0) is 14.6. The van der Waals surface area contributed by atoms with E-state index >= 15 is 0 Å². The number of rotatable bonds is 3. The summed E-state index contributed by atoms with van der Waals surface area (Å²) >= 11 is 0. The Morgan fingerprint density at radius 1 is 1.32 bits per heavy atom. The molecule has 0 saturated carbocycles. The number of phenolic OH excluding ortho intramolecular Hbond substituents is 1. The third-order valence-electron chi connectivity index (χ3n) is 2.35. The van der Waals surface area contributed by atoms with E-state index in [4.69, 9.17) is 0 Å². The lowest BCUT2D eigenvalue weighted by molar-refractivity contribution is -0.130. The normalized spacial score (nSPS) is 10.9. The van der Waals surface area contributed by atoms with E-state index in [2.05, 4.69) is 10.6 Å². The van der Waals surface area contributed by atoms with E-state index in [0.29, 0.717) is 0 Å². The fraction of sp³-hybridized carbons (Fsp3) is 0.385. The molecule has 1 aromatic carbocycles. The number of benzene rings is 1. The second kappa shape index (κ2) is 5.69. The minimum Gasteiger partial charge on any atom is -0.506 e. The average molecular weight is 268 g/mol. The van der Waals surface area contributed by atoms with Crippen molar-refractivity contribution in [3.63, 3.8) is 0 Å². The minimum atomic E-state index is -0.740. The molecular weight excluding hydrogens is 251 g/mol. The smallest absolute Gasteiger partial charge is 0.243 e. The molecule has 0 aliphatic heterocycles. The van der Waals surface area contributed by atoms with Crippen molar-refractivity contribution < 1.29 is 19.1 Å². The number of carbonyl (C=O) groups is 2. The van der Waals surface area contributed by atoms with E-state index in [9.17, 15) is 19.1 Å². The van der Waals surface area contributed by atoms with Gasteiger partial charge in [-0.1, -0.05) is 26.8 Å². The summed E-state index contributed by atoms with van der Waals surface area (Å²) in [4.78, 5) is 23.1. The van der Waals surface area contributed by atoms with Crippen LogP contribution in [0, 0.1) is 11.2 Å². The van der Waals surface area contributed by atoms with E-state index < -0.39 is 17.1 Å². The third kappa shape index (κ3) is 4.24. The van der Waals surface area contributed by atoms with Gasteiger partial charge in [0.15, 0.2) is 5.82 Å². The predicted octanol–water partition coefficient (Wildman–Crippen LogP) is 1.63. The highest BCUT2D eigenvalue weighted by Gasteiger charge is 2.21. The Morgan fingerprint density at radius 2 is 1.95 bits per heavy atom. The molecule has 0 heterocycles. The molecule has 0 bridgehead atoms. The average Bonchev–Trinajstić information content (AvgIpc) is 2.29. The fourth-order valence-corrected chi connectivity index (χ4v) is 1.25. The molecule has 2 amide bonds. The Balaban J connectivity index is 2.60. The van der Waals surface area contributed by atoms with Gasteiger partial charge in [-0.25, -0.2) is 4.39 Å². The second-order valence-corrected chi connectivity index (χ2v) is 5.11. The number of halogens is 1. The van der Waals surface area contributed by atoms with Crippen molar-refractivity contribution in [3.8, 4) is 5.75 Å². The lowest BCUT2D eigenvalue weighted by atomic mass is 9.96. The van der Waals surface area contributed by atoms with Gasteiger partial charge in [0, 0.05) is 5.41 Å². The summed E-state index contributed by atoms with van der Waals surface area (Å²) in [6.45, 7) is 4.85. The monoisotopic (exact) mass is 268 g/mol. The molecule has 0 unspecified atom stereocenters. The summed E-state index contributed by atoms with van der Waals surface area (Å²) in [5.41, 5.74) is -0.905. The highest BCUT2D eigenvalue weighted by Crippen LogP contribution is 2.25. The van der Waals surface area contributed by atoms with E-state index in [1.165, 1.54) is 12.1 Å². The summed E-state index contributed by atoms with van der Waals surface area (Å²) in [5, 5.41) is 14.0. The second-order valence-electron chi connectivity index (χ2n) is 5.11. The molecule has 0 aliphatic carbocycles. The Hall–Kier alpha value is -2.11. The molecule has 0 saturated heterocycles. The Kier molecular flexibility index (Phi) is 4.47. The molecule has 5 nitrogen and oxygen atoms in total. The van der Waals surface area contributed by atoms with Gasteiger partial charge >= 0.3 is 0 Å². The zero-order valence-corrected chi connectivity index (χ0v) is 11.1. The van der Waals surface area contributed by atoms with Crippen molar-refractivity contribution in [1.82, 2.24) is 5.32 Å². The van der Waals surface area contributed by atoms with E-state index in [-0.39, 0.29) is 23.9 Å². The molecule has 0 aromatic heterocycles. The number of para-hydroxylation sites is 1. The third-order valence-corrected chi connectivity index (χ3v) is 2.35. The van der Waals surface area contributed by atoms with Crippen LogP contribution in [0.4, 0.5) is 10.1 Å². The summed E-state index contributed by atoms with van der Waals surface area (Å²) < 4.78 is 13.3. The van der Waals surface area contributed by atoms with Gasteiger partial charge in [0.05, 0.1) is 6.54 Å². The van der Waals surface area contributed by atoms with Crippen molar-refractivity contribution in [3.05, 3.63) is 24.0 Å². The molecule has 0 spiro atoms. The molecular formula is C13H17FN2O3. The first-order chi connectivity index (χ1) is 8.71. The predicted molar refractivity (Wildman–Crippen MR) is 69.2 cm³/mol. The molecule has 0 radical (unpaired) electrons. The molecule has 6 heteroatoms. The Bertz CT molecular complexity index is 475. The quantitative estimate of drug-likeness (QED) is 0.729. The summed E-state index contributed by atoms with van der Waals surface area (Å²) in [6.07, 6.45) is 0. The van der Waals surface area contributed by atoms with Crippen molar-refractivity contribution in [2.45, 2.75) is 20.8 Å². The first-order valence-electron chi connectivity index (χ1n) is 5.77. The molecule has 1 rings (SSSR count). The van der Waals surface area contributed by atoms with Crippen LogP contribution in [0.25, 0.3) is 0 Å². The molecule has 3 N–H and O–H groups in total. The summed E-state index contributed by atoms with van der Waals surface area (Å²) in [7, 11) is 0. The van der Waals surface area contributed by atoms with Gasteiger partial charge in [-0.2, -0.15) is 0 Å². The maximum absolute atomic E-state index is 13.3. The summed E-state index contributed by atoms with van der Waals surface area (Å²) in [6, 6.07) is 3.69. The lowest BCUT2D eigenvalue weighted by Crippen LogP contribution is -2.39. The Labute approximate surface area is 110 Å². The number of hydrogen-bond donors (Lipinski definition) is 3. The van der Waals surface area contributed by atoms with Crippen LogP contribution in [0.3, 0.4) is 0 Å². The molecule has 104 valence electrons. The topological polar surface area (TPSA) is 78.4 Å². The van der Waals surface area contributed by atoms with Crippen LogP contribution >= 0.6 is 0 Å². The van der Waals surface area contributed by atoms with Crippen LogP contribution in [0.15, 0.2) is 18.2 Å². The van der Waals surface area contributed by atoms with Gasteiger partial charge in [-0.05, 0) is 12.1 Å². The van der Waals surface area contributed by atoms with E-state index in [1.54, 1.807) is 20.8 Å². The van der Waals surface area contributed by atoms with Crippen LogP contribution in [0.2, 0.25) is 0 Å². The van der Waals surface area contributed by atoms with Crippen LogP contribution in [-0.4, -0.2) is 23.5 Å². The number of carbonyl (C=O) groups excluding carboxylic acids is 2. The van der Waals surface area contributed by atoms with Crippen LogP contribution in [0.1, 0.15) is 20.8 Å². The number of amides is 2. The number of aromatic hydroxyl groups is 1. The maximum atomic E-state index is 13.3. The first-order valence-corrected chi connectivity index (χ1v) is 5.77. The standard InChI is InChI=1S/C13H17FN2O3/c1-13(2,3)12(19)15-7-10(18)16-11-8(14)5-4-6-9(11)17/h4-6,17H,7H2,1-3H3,(H,15,19)(H,16,18). The summed E-state index contributed by atoms with van der Waals surface area (Å²) in [5.74, 6) is -2.01. The number of hydrogen-bond acceptors (Lipinski definition) is 3. The van der Waals surface area contributed by atoms with Gasteiger partial charge in [-0.3, -0.25) is 9.59 Å². The molecule has 0 aliphatic rings. The van der Waals surface area contributed by atoms with Crippen molar-refractivity contribution >= 4 is 17.5 Å². The molecule has 19 heavy (non-hydrogen) atoms. The molecule has 1 aromatic rings. The van der Waals surface area contributed by atoms with Gasteiger partial charge in [0.1, 0.15) is 11.4 Å². The highest BCUT2D eigenvalue weighted by molar-refractivity contribution is 5.96. The van der Waals surface area contributed by atoms with Crippen LogP contribution in [-0.2, 0) is 9.59 Å². The maximum Gasteiger partial charge on any atom is 0.243 e. The van der Waals surface area contributed by atoms with Gasteiger partial charge in [-0.15, -0.1) is 0 Å². The van der Waals surface area contributed by atoms with Gasteiger partial charge in [0.25, 0.3) is 0 Å². The van der Waals surface area contributed by atoms with Gasteiger partial charge < -0.3 is 15.7 Å². The molecule has 0 atom stereocenters. The number of phenols is 1. The van der Waals surface area contributed by atoms with Crippen molar-refractivity contribution in [2.75, 3.05) is 11.9 Å². The Morgan fingerprint density at radius 3 is 2.47 bits per heavy atom. The van der Waals surface area contributed by atoms with Crippen LogP contribution in [0.5, 0.6) is 5.75 Å². The van der Waals surface area contributed by atoms with Gasteiger partial charge in [0.2, 0.25) is 11.8 Å². The number of anilines is 1. The zero-order valence-electron chi connectivity index (χ0n) is 11.1. The van der Waals surface area contributed by atoms with E-state index in [0.717, 1.165) is 6.07 Å². The minimum absolute atomic E-state index is 0.288. The van der Waals surface area contributed by atoms with Crippen LogP contribution < -0.4 is 10.6 Å². The number of nitrogens with one attached hydrogen (secondary N) is 2. The largest absolute Gasteiger partial charge is 0.506 e. The SMILES string of the molecule is CC(C)(C)C(=O)NCC(=O)Nc1c(O)cccc1F.